The number of primary amides is 1. The van der Waals surface area contributed by atoms with Crippen molar-refractivity contribution < 1.29 is 14.3 Å². The molecule has 0 aromatic heterocycles. The van der Waals surface area contributed by atoms with Crippen molar-refractivity contribution in [2.75, 3.05) is 51.3 Å². The van der Waals surface area contributed by atoms with Crippen LogP contribution in [0.4, 0.5) is 5.69 Å². The van der Waals surface area contributed by atoms with E-state index in [2.05, 4.69) is 27.2 Å². The van der Waals surface area contributed by atoms with Crippen LogP contribution in [0.2, 0.25) is 0 Å². The molecular formula is C20H31N4O3. The van der Waals surface area contributed by atoms with Gasteiger partial charge in [0.15, 0.2) is 0 Å². The van der Waals surface area contributed by atoms with Crippen LogP contribution in [0, 0.1) is 12.3 Å². The van der Waals surface area contributed by atoms with E-state index >= 15 is 0 Å². The highest BCUT2D eigenvalue weighted by atomic mass is 16.5. The maximum absolute atomic E-state index is 11.7. The zero-order valence-electron chi connectivity index (χ0n) is 16.3. The number of rotatable bonds is 10. The van der Waals surface area contributed by atoms with E-state index in [0.717, 1.165) is 44.9 Å². The Bertz CT molecular complexity index is 598. The number of carbonyl (C=O) groups is 2. The van der Waals surface area contributed by atoms with Crippen LogP contribution >= 0.6 is 0 Å². The van der Waals surface area contributed by atoms with Crippen LogP contribution in [-0.4, -0.2) is 63.1 Å². The lowest BCUT2D eigenvalue weighted by molar-refractivity contribution is -0.121. The van der Waals surface area contributed by atoms with Gasteiger partial charge < -0.3 is 20.7 Å². The number of anilines is 1. The fourth-order valence-corrected chi connectivity index (χ4v) is 3.01. The number of hydrogen-bond donors (Lipinski definition) is 2. The van der Waals surface area contributed by atoms with Gasteiger partial charge >= 0.3 is 0 Å². The molecule has 1 radical (unpaired) electrons. The highest BCUT2D eigenvalue weighted by Gasteiger charge is 2.17. The van der Waals surface area contributed by atoms with Crippen molar-refractivity contribution in [1.82, 2.24) is 10.2 Å². The molecule has 2 amide bonds. The normalized spacial score (nSPS) is 16.0. The molecule has 1 aliphatic heterocycles. The first kappa shape index (κ1) is 21.0. The van der Waals surface area contributed by atoms with E-state index < -0.39 is 0 Å². The van der Waals surface area contributed by atoms with Gasteiger partial charge in [0.1, 0.15) is 5.75 Å². The molecular weight excluding hydrogens is 344 g/mol. The minimum atomic E-state index is -0.382. The second-order valence-corrected chi connectivity index (χ2v) is 6.91. The Hall–Kier alpha value is -2.28. The third-order valence-corrected chi connectivity index (χ3v) is 4.90. The van der Waals surface area contributed by atoms with Gasteiger partial charge in [0, 0.05) is 44.3 Å². The topological polar surface area (TPSA) is 87.9 Å². The summed E-state index contributed by atoms with van der Waals surface area (Å²) in [6, 6.07) is 8.18. The van der Waals surface area contributed by atoms with Crippen molar-refractivity contribution in [2.24, 2.45) is 11.7 Å². The van der Waals surface area contributed by atoms with Crippen LogP contribution in [0.15, 0.2) is 24.3 Å². The van der Waals surface area contributed by atoms with Crippen molar-refractivity contribution in [3.05, 3.63) is 30.7 Å². The van der Waals surface area contributed by atoms with Crippen LogP contribution in [0.1, 0.15) is 19.8 Å². The summed E-state index contributed by atoms with van der Waals surface area (Å²) in [5.74, 6) is 0.0544. The van der Waals surface area contributed by atoms with E-state index in [1.54, 1.807) is 14.0 Å². The molecule has 0 bridgehead atoms. The Labute approximate surface area is 161 Å². The monoisotopic (exact) mass is 375 g/mol. The molecule has 3 N–H and O–H groups in total. The SMILES string of the molecule is COc1ccc(N2CCN(CCCNC(=O)[CH]C[C@H](C)C(N)=O)CC2)cc1. The molecule has 2 rings (SSSR count). The number of nitrogens with one attached hydrogen (secondary N) is 1. The number of nitrogens with zero attached hydrogens (tertiary/aromatic N) is 2. The first-order valence-electron chi connectivity index (χ1n) is 9.51. The average molecular weight is 375 g/mol. The summed E-state index contributed by atoms with van der Waals surface area (Å²) in [6.45, 7) is 7.35. The summed E-state index contributed by atoms with van der Waals surface area (Å²) in [5, 5.41) is 2.87. The zero-order valence-corrected chi connectivity index (χ0v) is 16.3. The number of hydrogen-bond acceptors (Lipinski definition) is 5. The number of nitrogens with two attached hydrogens (primary N) is 1. The van der Waals surface area contributed by atoms with Crippen LogP contribution in [0.5, 0.6) is 5.75 Å². The second kappa shape index (κ2) is 10.8. The molecule has 1 aromatic carbocycles. The van der Waals surface area contributed by atoms with E-state index in [1.165, 1.54) is 12.1 Å². The molecule has 1 fully saturated rings. The third kappa shape index (κ3) is 7.09. The smallest absolute Gasteiger partial charge is 0.223 e. The van der Waals surface area contributed by atoms with E-state index in [0.29, 0.717) is 13.0 Å². The number of methoxy groups -OCH3 is 1. The molecule has 27 heavy (non-hydrogen) atoms. The lowest BCUT2D eigenvalue weighted by atomic mass is 10.1. The van der Waals surface area contributed by atoms with Gasteiger partial charge in [0.05, 0.1) is 13.5 Å². The maximum atomic E-state index is 11.7. The fraction of sp³-hybridized carbons (Fsp3) is 0.550. The van der Waals surface area contributed by atoms with Crippen LogP contribution in [-0.2, 0) is 9.59 Å². The lowest BCUT2D eigenvalue weighted by Crippen LogP contribution is -2.47. The lowest BCUT2D eigenvalue weighted by Gasteiger charge is -2.36. The quantitative estimate of drug-likeness (QED) is 0.597. The number of amides is 2. The summed E-state index contributed by atoms with van der Waals surface area (Å²) >= 11 is 0. The number of benzene rings is 1. The molecule has 7 heteroatoms. The predicted molar refractivity (Wildman–Crippen MR) is 107 cm³/mol. The number of carbonyl (C=O) groups excluding carboxylic acids is 2. The molecule has 0 spiro atoms. The van der Waals surface area contributed by atoms with E-state index in [4.69, 9.17) is 10.5 Å². The molecule has 0 saturated carbocycles. The molecule has 1 atom stereocenters. The van der Waals surface area contributed by atoms with Crippen LogP contribution < -0.4 is 20.7 Å². The Kier molecular flexibility index (Phi) is 8.39. The molecule has 0 unspecified atom stereocenters. The van der Waals surface area contributed by atoms with Gasteiger partial charge in [0.2, 0.25) is 11.8 Å². The predicted octanol–water partition coefficient (Wildman–Crippen LogP) is 1.04. The first-order chi connectivity index (χ1) is 13.0. The summed E-state index contributed by atoms with van der Waals surface area (Å²) in [6.07, 6.45) is 2.80. The van der Waals surface area contributed by atoms with Crippen molar-refractivity contribution in [3.63, 3.8) is 0 Å². The van der Waals surface area contributed by atoms with Gasteiger partial charge in [-0.3, -0.25) is 14.5 Å². The average Bonchev–Trinajstić information content (AvgIpc) is 2.69. The third-order valence-electron chi connectivity index (χ3n) is 4.90. The number of piperazine rings is 1. The summed E-state index contributed by atoms with van der Waals surface area (Å²) in [5.41, 5.74) is 6.41. The Morgan fingerprint density at radius 1 is 1.22 bits per heavy atom. The molecule has 7 nitrogen and oxygen atoms in total. The van der Waals surface area contributed by atoms with Gasteiger partial charge in [0.25, 0.3) is 0 Å². The van der Waals surface area contributed by atoms with Crippen molar-refractivity contribution in [2.45, 2.75) is 19.8 Å². The molecule has 1 aliphatic rings. The Morgan fingerprint density at radius 2 is 1.89 bits per heavy atom. The van der Waals surface area contributed by atoms with Crippen LogP contribution in [0.25, 0.3) is 0 Å². The Balaban J connectivity index is 1.58. The fourth-order valence-electron chi connectivity index (χ4n) is 3.01. The molecule has 149 valence electrons. The molecule has 0 aliphatic carbocycles. The van der Waals surface area contributed by atoms with E-state index in [1.807, 2.05) is 12.1 Å². The molecule has 1 heterocycles. The first-order valence-corrected chi connectivity index (χ1v) is 9.51. The van der Waals surface area contributed by atoms with Gasteiger partial charge in [-0.2, -0.15) is 0 Å². The van der Waals surface area contributed by atoms with Gasteiger partial charge in [-0.1, -0.05) is 6.92 Å². The van der Waals surface area contributed by atoms with Crippen molar-refractivity contribution in [3.8, 4) is 5.75 Å². The summed E-state index contributed by atoms with van der Waals surface area (Å²) < 4.78 is 5.20. The molecule has 1 aromatic rings. The van der Waals surface area contributed by atoms with Crippen molar-refractivity contribution >= 4 is 17.5 Å². The Morgan fingerprint density at radius 3 is 2.48 bits per heavy atom. The highest BCUT2D eigenvalue weighted by Crippen LogP contribution is 2.20. The van der Waals surface area contributed by atoms with Gasteiger partial charge in [-0.15, -0.1) is 0 Å². The van der Waals surface area contributed by atoms with Gasteiger partial charge in [-0.25, -0.2) is 0 Å². The standard InChI is InChI=1S/C20H31N4O3/c1-16(20(21)26)4-9-19(25)22-10-3-11-23-12-14-24(15-13-23)17-5-7-18(27-2)8-6-17/h5-9,16H,3-4,10-15H2,1-2H3,(H2,21,26)(H,22,25)/t16-/m0/s1. The van der Waals surface area contributed by atoms with Crippen molar-refractivity contribution in [1.29, 1.82) is 0 Å². The largest absolute Gasteiger partial charge is 0.497 e. The van der Waals surface area contributed by atoms with E-state index in [9.17, 15) is 9.59 Å². The number of ether oxygens (including phenoxy) is 1. The second-order valence-electron chi connectivity index (χ2n) is 6.91. The summed E-state index contributed by atoms with van der Waals surface area (Å²) in [7, 11) is 1.68. The minimum Gasteiger partial charge on any atom is -0.497 e. The highest BCUT2D eigenvalue weighted by molar-refractivity contribution is 5.85. The van der Waals surface area contributed by atoms with Crippen LogP contribution in [0.3, 0.4) is 0 Å². The van der Waals surface area contributed by atoms with E-state index in [-0.39, 0.29) is 17.7 Å². The van der Waals surface area contributed by atoms with Gasteiger partial charge in [-0.05, 0) is 43.7 Å². The maximum Gasteiger partial charge on any atom is 0.223 e. The molecule has 1 saturated heterocycles. The zero-order chi connectivity index (χ0) is 19.6. The minimum absolute atomic E-state index is 0.132. The summed E-state index contributed by atoms with van der Waals surface area (Å²) in [4.78, 5) is 27.5.